The molecule has 37 heavy (non-hydrogen) atoms. The first-order chi connectivity index (χ1) is 17.7. The van der Waals surface area contributed by atoms with Crippen molar-refractivity contribution in [2.75, 3.05) is 5.32 Å². The van der Waals surface area contributed by atoms with Crippen molar-refractivity contribution < 1.29 is 32.3 Å². The largest absolute Gasteiger partial charge is 0.462 e. The van der Waals surface area contributed by atoms with E-state index in [0.29, 0.717) is 24.3 Å². The van der Waals surface area contributed by atoms with Crippen LogP contribution in [0.5, 0.6) is 0 Å². The predicted molar refractivity (Wildman–Crippen MR) is 130 cm³/mol. The maximum absolute atomic E-state index is 13.2. The Morgan fingerprint density at radius 2 is 1.68 bits per heavy atom. The van der Waals surface area contributed by atoms with Gasteiger partial charge < -0.3 is 15.0 Å². The summed E-state index contributed by atoms with van der Waals surface area (Å²) in [6, 6.07) is 16.6. The molecule has 1 heterocycles. The van der Waals surface area contributed by atoms with E-state index in [-0.39, 0.29) is 23.6 Å². The van der Waals surface area contributed by atoms with Crippen LogP contribution < -0.4 is 5.32 Å². The lowest BCUT2D eigenvalue weighted by Gasteiger charge is -2.28. The summed E-state index contributed by atoms with van der Waals surface area (Å²) < 4.78 is 43.4. The second-order valence-electron chi connectivity index (χ2n) is 9.18. The number of fused-ring (bicyclic) bond motifs is 1. The Labute approximate surface area is 211 Å². The van der Waals surface area contributed by atoms with Crippen LogP contribution in [0, 0.1) is 0 Å². The molecular weight excluding hydrogens is 485 g/mol. The molecule has 6 nitrogen and oxygen atoms in total. The third-order valence-corrected chi connectivity index (χ3v) is 6.94. The van der Waals surface area contributed by atoms with Crippen LogP contribution in [0.1, 0.15) is 51.1 Å². The average Bonchev–Trinajstić information content (AvgIpc) is 3.48. The van der Waals surface area contributed by atoms with Gasteiger partial charge in [-0.1, -0.05) is 24.3 Å². The third kappa shape index (κ3) is 4.94. The zero-order chi connectivity index (χ0) is 26.2. The van der Waals surface area contributed by atoms with Gasteiger partial charge in [-0.25, -0.2) is 0 Å². The first-order valence-corrected chi connectivity index (χ1v) is 11.9. The molecule has 0 radical (unpaired) electrons. The number of hydrogen-bond acceptors (Lipinski definition) is 4. The van der Waals surface area contributed by atoms with E-state index < -0.39 is 17.6 Å². The molecule has 9 heteroatoms. The number of benzene rings is 3. The lowest BCUT2D eigenvalue weighted by atomic mass is 10.00. The fourth-order valence-corrected chi connectivity index (χ4v) is 5.02. The average molecular weight is 508 g/mol. The molecule has 2 atom stereocenters. The number of amides is 2. The summed E-state index contributed by atoms with van der Waals surface area (Å²) in [5, 5.41) is 2.68. The van der Waals surface area contributed by atoms with Gasteiger partial charge in [0.05, 0.1) is 11.6 Å². The summed E-state index contributed by atoms with van der Waals surface area (Å²) in [6.45, 7) is 0.928. The van der Waals surface area contributed by atoms with Gasteiger partial charge in [0, 0.05) is 23.4 Å². The highest BCUT2D eigenvalue weighted by Crippen LogP contribution is 2.35. The molecule has 1 aliphatic heterocycles. The smallest absolute Gasteiger partial charge is 0.416 e. The number of anilines is 1. The van der Waals surface area contributed by atoms with Crippen LogP contribution in [0.4, 0.5) is 18.9 Å². The van der Waals surface area contributed by atoms with Crippen molar-refractivity contribution in [1.82, 2.24) is 4.90 Å². The fraction of sp³-hybridized carbons (Fsp3) is 0.250. The summed E-state index contributed by atoms with van der Waals surface area (Å²) >= 11 is 0. The van der Waals surface area contributed by atoms with Gasteiger partial charge >= 0.3 is 6.18 Å². The molecule has 2 amide bonds. The van der Waals surface area contributed by atoms with E-state index in [4.69, 9.17) is 4.74 Å². The van der Waals surface area contributed by atoms with Gasteiger partial charge in [0.25, 0.3) is 18.3 Å². The second-order valence-corrected chi connectivity index (χ2v) is 9.18. The monoisotopic (exact) mass is 508 g/mol. The van der Waals surface area contributed by atoms with Gasteiger partial charge in [-0.2, -0.15) is 13.2 Å². The zero-order valence-electron chi connectivity index (χ0n) is 19.6. The summed E-state index contributed by atoms with van der Waals surface area (Å²) in [4.78, 5) is 38.2. The van der Waals surface area contributed by atoms with Crippen LogP contribution >= 0.6 is 0 Å². The van der Waals surface area contributed by atoms with Crippen molar-refractivity contribution in [1.29, 1.82) is 0 Å². The van der Waals surface area contributed by atoms with Crippen LogP contribution in [0.3, 0.4) is 0 Å². The molecule has 0 bridgehead atoms. The number of carbonyl (C=O) groups is 3. The summed E-state index contributed by atoms with van der Waals surface area (Å²) in [5.74, 6) is -0.600. The van der Waals surface area contributed by atoms with Crippen LogP contribution in [0.25, 0.3) is 11.1 Å². The number of halogens is 3. The van der Waals surface area contributed by atoms with Crippen molar-refractivity contribution in [2.45, 2.75) is 44.1 Å². The van der Waals surface area contributed by atoms with Crippen molar-refractivity contribution in [2.24, 2.45) is 0 Å². The number of carbonyl (C=O) groups excluding carboxylic acids is 3. The highest BCUT2D eigenvalue weighted by Gasteiger charge is 2.40. The van der Waals surface area contributed by atoms with Crippen LogP contribution in [-0.2, 0) is 22.3 Å². The van der Waals surface area contributed by atoms with Gasteiger partial charge in [-0.15, -0.1) is 0 Å². The SMILES string of the molecule is O=CO[C@H]1CCC[C@H]1N1Cc2ccc(-c3ccc(NC(=O)c4ccc(C(F)(F)F)cc4)cc3)cc2C1=O. The van der Waals surface area contributed by atoms with Crippen molar-refractivity contribution in [3.63, 3.8) is 0 Å². The molecule has 0 unspecified atom stereocenters. The van der Waals surface area contributed by atoms with E-state index in [2.05, 4.69) is 5.32 Å². The molecule has 1 fully saturated rings. The molecule has 1 N–H and O–H groups in total. The lowest BCUT2D eigenvalue weighted by molar-refractivity contribution is -0.137. The molecule has 1 aliphatic carbocycles. The van der Waals surface area contributed by atoms with Gasteiger partial charge in [0.15, 0.2) is 0 Å². The van der Waals surface area contributed by atoms with E-state index in [1.165, 1.54) is 0 Å². The van der Waals surface area contributed by atoms with E-state index in [9.17, 15) is 27.6 Å². The van der Waals surface area contributed by atoms with Gasteiger partial charge in [0.2, 0.25) is 0 Å². The minimum atomic E-state index is -4.46. The molecule has 0 saturated heterocycles. The molecule has 3 aromatic rings. The number of alkyl halides is 3. The molecule has 3 aromatic carbocycles. The Kier molecular flexibility index (Phi) is 6.45. The lowest BCUT2D eigenvalue weighted by Crippen LogP contribution is -2.41. The molecule has 0 spiro atoms. The Balaban J connectivity index is 1.27. The van der Waals surface area contributed by atoms with Crippen LogP contribution in [0.15, 0.2) is 66.7 Å². The molecule has 190 valence electrons. The fourth-order valence-electron chi connectivity index (χ4n) is 5.02. The minimum absolute atomic E-state index is 0.0799. The maximum Gasteiger partial charge on any atom is 0.416 e. The quantitative estimate of drug-likeness (QED) is 0.435. The number of nitrogens with zero attached hydrogens (tertiary/aromatic N) is 1. The van der Waals surface area contributed by atoms with Crippen LogP contribution in [-0.4, -0.2) is 35.3 Å². The second kappa shape index (κ2) is 9.72. The molecule has 2 aliphatic rings. The highest BCUT2D eigenvalue weighted by molar-refractivity contribution is 6.04. The topological polar surface area (TPSA) is 75.7 Å². The van der Waals surface area contributed by atoms with Crippen molar-refractivity contribution in [3.05, 3.63) is 89.0 Å². The Bertz CT molecular complexity index is 1340. The summed E-state index contributed by atoms with van der Waals surface area (Å²) in [6.07, 6.45) is -2.30. The number of hydrogen-bond donors (Lipinski definition) is 1. The van der Waals surface area contributed by atoms with Crippen molar-refractivity contribution >= 4 is 24.0 Å². The Morgan fingerprint density at radius 3 is 2.35 bits per heavy atom. The normalized spacial score (nSPS) is 19.0. The molecule has 0 aromatic heterocycles. The number of ether oxygens (including phenoxy) is 1. The van der Waals surface area contributed by atoms with E-state index in [1.54, 1.807) is 29.2 Å². The predicted octanol–water partition coefficient (Wildman–Crippen LogP) is 5.67. The number of rotatable bonds is 6. The van der Waals surface area contributed by atoms with Gasteiger partial charge in [0.1, 0.15) is 6.10 Å². The van der Waals surface area contributed by atoms with Gasteiger partial charge in [-0.3, -0.25) is 14.4 Å². The van der Waals surface area contributed by atoms with Crippen molar-refractivity contribution in [3.8, 4) is 11.1 Å². The summed E-state index contributed by atoms with van der Waals surface area (Å²) in [5.41, 5.74) is 2.99. The zero-order valence-corrected chi connectivity index (χ0v) is 19.6. The van der Waals surface area contributed by atoms with Crippen LogP contribution in [0.2, 0.25) is 0 Å². The molecule has 5 rings (SSSR count). The van der Waals surface area contributed by atoms with E-state index in [1.807, 2.05) is 18.2 Å². The van der Waals surface area contributed by atoms with Gasteiger partial charge in [-0.05, 0) is 78.4 Å². The highest BCUT2D eigenvalue weighted by atomic mass is 19.4. The Hall–Kier alpha value is -4.14. The van der Waals surface area contributed by atoms with E-state index >= 15 is 0 Å². The first kappa shape index (κ1) is 24.5. The molecular formula is C28H23F3N2O4. The number of nitrogens with one attached hydrogen (secondary N) is 1. The molecule has 1 saturated carbocycles. The standard InChI is InChI=1S/C28H23F3N2O4/c29-28(30,31)21-10-6-18(7-11-21)26(35)32-22-12-8-17(9-13-22)19-4-5-20-15-33(27(36)23(20)14-19)24-2-1-3-25(24)37-16-34/h4-14,16,24-25H,1-3,15H2,(H,32,35)/t24-,25+/m1/s1. The van der Waals surface area contributed by atoms with E-state index in [0.717, 1.165) is 60.2 Å². The third-order valence-electron chi connectivity index (χ3n) is 6.94. The minimum Gasteiger partial charge on any atom is -0.462 e. The Morgan fingerprint density at radius 1 is 0.973 bits per heavy atom. The summed E-state index contributed by atoms with van der Waals surface area (Å²) in [7, 11) is 0. The maximum atomic E-state index is 13.2. The first-order valence-electron chi connectivity index (χ1n) is 11.9.